The Hall–Kier alpha value is -2.53. The highest BCUT2D eigenvalue weighted by atomic mass is 16.4. The summed E-state index contributed by atoms with van der Waals surface area (Å²) in [6, 6.07) is 20.5. The topological polar surface area (TPSA) is 37.3 Å². The molecule has 1 aliphatic carbocycles. The zero-order valence-corrected chi connectivity index (χ0v) is 13.0. The number of hydrogen-bond donors (Lipinski definition) is 1. The van der Waals surface area contributed by atoms with Crippen molar-refractivity contribution in [3.63, 3.8) is 0 Å². The van der Waals surface area contributed by atoms with Crippen LogP contribution in [0.5, 0.6) is 0 Å². The third-order valence-electron chi connectivity index (χ3n) is 4.67. The molecule has 116 valence electrons. The largest absolute Gasteiger partial charge is 0.481 e. The first kappa shape index (κ1) is 15.4. The standard InChI is InChI=1S/C21H20O2/c22-20(23)17-9-7-8-15-21(16-14-17,18-10-3-1-4-11-18)19-12-5-2-6-13-19/h1-6,10-13,17H,7,9,14,16H2,(H,22,23). The van der Waals surface area contributed by atoms with Gasteiger partial charge in [-0.15, -0.1) is 5.92 Å². The van der Waals surface area contributed by atoms with E-state index in [0.717, 1.165) is 17.5 Å². The second-order valence-corrected chi connectivity index (χ2v) is 6.05. The Morgan fingerprint density at radius 2 is 1.52 bits per heavy atom. The number of aliphatic carboxylic acids is 1. The summed E-state index contributed by atoms with van der Waals surface area (Å²) in [6.07, 6.45) is 2.65. The maximum absolute atomic E-state index is 11.5. The van der Waals surface area contributed by atoms with Gasteiger partial charge in [0.15, 0.2) is 0 Å². The molecule has 0 amide bonds. The molecule has 0 heterocycles. The predicted octanol–water partition coefficient (Wildman–Crippen LogP) is 4.25. The van der Waals surface area contributed by atoms with E-state index in [9.17, 15) is 9.90 Å². The SMILES string of the molecule is O=C(O)C1CCC#CC(c2ccccc2)(c2ccccc2)CC1. The van der Waals surface area contributed by atoms with E-state index in [1.54, 1.807) is 0 Å². The summed E-state index contributed by atoms with van der Waals surface area (Å²) in [6.45, 7) is 0. The van der Waals surface area contributed by atoms with Crippen LogP contribution in [-0.4, -0.2) is 11.1 Å². The molecule has 1 N–H and O–H groups in total. The highest BCUT2D eigenvalue weighted by Crippen LogP contribution is 2.38. The van der Waals surface area contributed by atoms with Gasteiger partial charge in [-0.05, 0) is 30.4 Å². The van der Waals surface area contributed by atoms with Crippen molar-refractivity contribution >= 4 is 5.97 Å². The second-order valence-electron chi connectivity index (χ2n) is 6.05. The summed E-state index contributed by atoms with van der Waals surface area (Å²) in [4.78, 5) is 11.5. The molecule has 1 aliphatic rings. The Kier molecular flexibility index (Phi) is 4.48. The molecule has 0 radical (unpaired) electrons. The smallest absolute Gasteiger partial charge is 0.306 e. The van der Waals surface area contributed by atoms with Gasteiger partial charge in [0, 0.05) is 6.42 Å². The molecule has 23 heavy (non-hydrogen) atoms. The van der Waals surface area contributed by atoms with E-state index in [0.29, 0.717) is 19.3 Å². The van der Waals surface area contributed by atoms with E-state index >= 15 is 0 Å². The molecule has 0 bridgehead atoms. The first-order valence-electron chi connectivity index (χ1n) is 8.06. The van der Waals surface area contributed by atoms with Crippen molar-refractivity contribution in [1.29, 1.82) is 0 Å². The van der Waals surface area contributed by atoms with E-state index in [1.807, 2.05) is 36.4 Å². The van der Waals surface area contributed by atoms with Gasteiger partial charge < -0.3 is 5.11 Å². The molecule has 2 nitrogen and oxygen atoms in total. The fourth-order valence-electron chi connectivity index (χ4n) is 3.35. The van der Waals surface area contributed by atoms with Crippen molar-refractivity contribution in [3.05, 3.63) is 71.8 Å². The van der Waals surface area contributed by atoms with Crippen LogP contribution in [0.2, 0.25) is 0 Å². The van der Waals surface area contributed by atoms with Gasteiger partial charge in [-0.2, -0.15) is 0 Å². The van der Waals surface area contributed by atoms with E-state index in [2.05, 4.69) is 36.1 Å². The van der Waals surface area contributed by atoms with Crippen molar-refractivity contribution in [2.75, 3.05) is 0 Å². The maximum atomic E-state index is 11.5. The lowest BCUT2D eigenvalue weighted by atomic mass is 9.69. The molecular formula is C21H20O2. The number of carboxylic acid groups (broad SMARTS) is 1. The molecule has 2 heteroatoms. The number of hydrogen-bond acceptors (Lipinski definition) is 1. The van der Waals surface area contributed by atoms with Crippen molar-refractivity contribution in [2.45, 2.75) is 31.1 Å². The number of carbonyl (C=O) groups is 1. The van der Waals surface area contributed by atoms with Crippen molar-refractivity contribution in [2.24, 2.45) is 5.92 Å². The Morgan fingerprint density at radius 1 is 0.957 bits per heavy atom. The van der Waals surface area contributed by atoms with Gasteiger partial charge in [0.25, 0.3) is 0 Å². The zero-order chi connectivity index (χ0) is 16.1. The minimum absolute atomic E-state index is 0.309. The van der Waals surface area contributed by atoms with Crippen LogP contribution in [0.15, 0.2) is 60.7 Å². The second kappa shape index (κ2) is 6.71. The molecular weight excluding hydrogens is 284 g/mol. The third-order valence-corrected chi connectivity index (χ3v) is 4.67. The van der Waals surface area contributed by atoms with Gasteiger partial charge in [0.05, 0.1) is 11.3 Å². The summed E-state index contributed by atoms with van der Waals surface area (Å²) in [7, 11) is 0. The van der Waals surface area contributed by atoms with Gasteiger partial charge in [-0.25, -0.2) is 0 Å². The molecule has 0 spiro atoms. The molecule has 0 saturated carbocycles. The molecule has 0 aromatic heterocycles. The van der Waals surface area contributed by atoms with Crippen LogP contribution in [0.1, 0.15) is 36.8 Å². The normalized spacial score (nSPS) is 19.7. The van der Waals surface area contributed by atoms with Gasteiger partial charge in [-0.3, -0.25) is 4.79 Å². The van der Waals surface area contributed by atoms with Crippen LogP contribution in [0, 0.1) is 17.8 Å². The average Bonchev–Trinajstić information content (AvgIpc) is 2.57. The summed E-state index contributed by atoms with van der Waals surface area (Å²) >= 11 is 0. The number of carboxylic acids is 1. The van der Waals surface area contributed by atoms with Gasteiger partial charge >= 0.3 is 5.97 Å². The fraction of sp³-hybridized carbons (Fsp3) is 0.286. The van der Waals surface area contributed by atoms with Crippen LogP contribution in [0.3, 0.4) is 0 Å². The quantitative estimate of drug-likeness (QED) is 0.861. The average molecular weight is 304 g/mol. The van der Waals surface area contributed by atoms with Crippen LogP contribution < -0.4 is 0 Å². The first-order chi connectivity index (χ1) is 11.2. The monoisotopic (exact) mass is 304 g/mol. The molecule has 1 unspecified atom stereocenters. The lowest BCUT2D eigenvalue weighted by molar-refractivity contribution is -0.142. The first-order valence-corrected chi connectivity index (χ1v) is 8.06. The Morgan fingerprint density at radius 3 is 2.04 bits per heavy atom. The van der Waals surface area contributed by atoms with Crippen LogP contribution in [-0.2, 0) is 10.2 Å². The number of benzene rings is 2. The van der Waals surface area contributed by atoms with Gasteiger partial charge in [-0.1, -0.05) is 66.6 Å². The third kappa shape index (κ3) is 3.14. The summed E-state index contributed by atoms with van der Waals surface area (Å²) in [5, 5.41) is 9.42. The fourth-order valence-corrected chi connectivity index (χ4v) is 3.35. The number of rotatable bonds is 3. The summed E-state index contributed by atoms with van der Waals surface area (Å²) < 4.78 is 0. The Labute approximate surface area is 137 Å². The molecule has 0 fully saturated rings. The highest BCUT2D eigenvalue weighted by Gasteiger charge is 2.34. The molecule has 1 atom stereocenters. The lowest BCUT2D eigenvalue weighted by Crippen LogP contribution is -2.29. The molecule has 2 aromatic carbocycles. The van der Waals surface area contributed by atoms with Crippen LogP contribution in [0.25, 0.3) is 0 Å². The van der Waals surface area contributed by atoms with Crippen molar-refractivity contribution in [1.82, 2.24) is 0 Å². The van der Waals surface area contributed by atoms with Crippen LogP contribution in [0.4, 0.5) is 0 Å². The van der Waals surface area contributed by atoms with Crippen LogP contribution >= 0.6 is 0 Å². The van der Waals surface area contributed by atoms with Gasteiger partial charge in [0.1, 0.15) is 0 Å². The molecule has 2 aromatic rings. The van der Waals surface area contributed by atoms with E-state index < -0.39 is 11.4 Å². The van der Waals surface area contributed by atoms with Gasteiger partial charge in [0.2, 0.25) is 0 Å². The molecule has 0 saturated heterocycles. The molecule has 3 rings (SSSR count). The summed E-state index contributed by atoms with van der Waals surface area (Å²) in [5.41, 5.74) is 1.87. The maximum Gasteiger partial charge on any atom is 0.306 e. The Balaban J connectivity index is 2.10. The lowest BCUT2D eigenvalue weighted by Gasteiger charge is -2.32. The molecule has 0 aliphatic heterocycles. The zero-order valence-electron chi connectivity index (χ0n) is 13.0. The minimum atomic E-state index is -0.705. The van der Waals surface area contributed by atoms with Crippen molar-refractivity contribution < 1.29 is 9.90 Å². The minimum Gasteiger partial charge on any atom is -0.481 e. The predicted molar refractivity (Wildman–Crippen MR) is 91.0 cm³/mol. The van der Waals surface area contributed by atoms with Crippen molar-refractivity contribution in [3.8, 4) is 11.8 Å². The Bertz CT molecular complexity index is 683. The summed E-state index contributed by atoms with van der Waals surface area (Å²) in [5.74, 6) is 5.72. The van der Waals surface area contributed by atoms with E-state index in [4.69, 9.17) is 0 Å². The van der Waals surface area contributed by atoms with E-state index in [1.165, 1.54) is 0 Å². The van der Waals surface area contributed by atoms with E-state index in [-0.39, 0.29) is 5.92 Å². The highest BCUT2D eigenvalue weighted by molar-refractivity contribution is 5.70.